The van der Waals surface area contributed by atoms with Crippen LogP contribution in [0, 0.1) is 10.1 Å². The SMILES string of the molecule is Cn1c(-c2cccc(Cl)c2)cnc1NCc1cc2c(cc1[N+](=O)[O-])OCO2. The van der Waals surface area contributed by atoms with Gasteiger partial charge < -0.3 is 19.4 Å². The number of rotatable bonds is 5. The zero-order valence-corrected chi connectivity index (χ0v) is 15.1. The molecule has 0 spiro atoms. The Balaban J connectivity index is 1.59. The largest absolute Gasteiger partial charge is 0.454 e. The summed E-state index contributed by atoms with van der Waals surface area (Å²) in [7, 11) is 1.86. The number of imidazole rings is 1. The van der Waals surface area contributed by atoms with E-state index >= 15 is 0 Å². The fraction of sp³-hybridized carbons (Fsp3) is 0.167. The topological polar surface area (TPSA) is 91.5 Å². The number of aromatic nitrogens is 2. The molecule has 1 aromatic heterocycles. The molecular weight excluding hydrogens is 372 g/mol. The van der Waals surface area contributed by atoms with Crippen molar-refractivity contribution in [2.24, 2.45) is 7.05 Å². The molecule has 1 aliphatic heterocycles. The number of halogens is 1. The van der Waals surface area contributed by atoms with Gasteiger partial charge in [0.05, 0.1) is 28.4 Å². The monoisotopic (exact) mass is 386 g/mol. The lowest BCUT2D eigenvalue weighted by molar-refractivity contribution is -0.385. The van der Waals surface area contributed by atoms with E-state index in [-0.39, 0.29) is 19.0 Å². The summed E-state index contributed by atoms with van der Waals surface area (Å²) in [5, 5.41) is 15.1. The molecule has 9 heteroatoms. The second kappa shape index (κ2) is 6.81. The van der Waals surface area contributed by atoms with Crippen molar-refractivity contribution < 1.29 is 14.4 Å². The van der Waals surface area contributed by atoms with E-state index in [2.05, 4.69) is 10.3 Å². The average Bonchev–Trinajstić information content (AvgIpc) is 3.25. The van der Waals surface area contributed by atoms with Crippen molar-refractivity contribution in [1.29, 1.82) is 0 Å². The highest BCUT2D eigenvalue weighted by Crippen LogP contribution is 2.38. The van der Waals surface area contributed by atoms with Crippen LogP contribution in [-0.2, 0) is 13.6 Å². The lowest BCUT2D eigenvalue weighted by atomic mass is 10.1. The van der Waals surface area contributed by atoms with E-state index in [1.165, 1.54) is 6.07 Å². The summed E-state index contributed by atoms with van der Waals surface area (Å²) in [6, 6.07) is 10.5. The first-order valence-electron chi connectivity index (χ1n) is 8.11. The fourth-order valence-electron chi connectivity index (χ4n) is 2.95. The van der Waals surface area contributed by atoms with E-state index in [0.29, 0.717) is 28.0 Å². The fourth-order valence-corrected chi connectivity index (χ4v) is 3.14. The Kier molecular flexibility index (Phi) is 4.33. The molecule has 2 aromatic carbocycles. The van der Waals surface area contributed by atoms with E-state index < -0.39 is 4.92 Å². The lowest BCUT2D eigenvalue weighted by Gasteiger charge is -2.10. The predicted molar refractivity (Wildman–Crippen MR) is 100 cm³/mol. The first-order chi connectivity index (χ1) is 13.0. The maximum absolute atomic E-state index is 11.4. The minimum absolute atomic E-state index is 0.0315. The number of nitro groups is 1. The maximum Gasteiger partial charge on any atom is 0.278 e. The summed E-state index contributed by atoms with van der Waals surface area (Å²) in [6.45, 7) is 0.276. The van der Waals surface area contributed by atoms with E-state index in [1.807, 2.05) is 29.8 Å². The molecule has 0 fully saturated rings. The molecule has 138 valence electrons. The lowest BCUT2D eigenvalue weighted by Crippen LogP contribution is -2.07. The predicted octanol–water partition coefficient (Wildman–Crippen LogP) is 3.99. The van der Waals surface area contributed by atoms with Crippen molar-refractivity contribution >= 4 is 23.2 Å². The Morgan fingerprint density at radius 2 is 2.07 bits per heavy atom. The Morgan fingerprint density at radius 3 is 2.81 bits per heavy atom. The van der Waals surface area contributed by atoms with Gasteiger partial charge in [-0.1, -0.05) is 23.7 Å². The van der Waals surface area contributed by atoms with Gasteiger partial charge in [0.1, 0.15) is 0 Å². The first-order valence-corrected chi connectivity index (χ1v) is 8.49. The molecule has 0 radical (unpaired) electrons. The standard InChI is InChI=1S/C18H15ClN4O4/c1-22-15(11-3-2-4-13(19)5-11)9-21-18(22)20-8-12-6-16-17(27-10-26-16)7-14(12)23(24)25/h2-7,9H,8,10H2,1H3,(H,20,21). The summed E-state index contributed by atoms with van der Waals surface area (Å²) in [6.07, 6.45) is 1.72. The van der Waals surface area contributed by atoms with Gasteiger partial charge in [-0.25, -0.2) is 4.98 Å². The van der Waals surface area contributed by atoms with Gasteiger partial charge in [0.2, 0.25) is 12.7 Å². The third-order valence-electron chi connectivity index (χ3n) is 4.32. The van der Waals surface area contributed by atoms with Gasteiger partial charge in [0.15, 0.2) is 11.5 Å². The van der Waals surface area contributed by atoms with Crippen LogP contribution in [0.3, 0.4) is 0 Å². The van der Waals surface area contributed by atoms with Crippen molar-refractivity contribution in [2.75, 3.05) is 12.1 Å². The zero-order valence-electron chi connectivity index (χ0n) is 14.3. The molecule has 0 saturated heterocycles. The molecule has 0 aliphatic carbocycles. The summed E-state index contributed by atoms with van der Waals surface area (Å²) in [4.78, 5) is 15.3. The van der Waals surface area contributed by atoms with Crippen LogP contribution in [0.1, 0.15) is 5.56 Å². The molecule has 0 bridgehead atoms. The van der Waals surface area contributed by atoms with Crippen LogP contribution in [0.4, 0.5) is 11.6 Å². The van der Waals surface area contributed by atoms with Gasteiger partial charge in [-0.3, -0.25) is 10.1 Å². The summed E-state index contributed by atoms with van der Waals surface area (Å²) < 4.78 is 12.4. The summed E-state index contributed by atoms with van der Waals surface area (Å²) in [5.74, 6) is 1.46. The van der Waals surface area contributed by atoms with Crippen LogP contribution in [0.15, 0.2) is 42.6 Å². The Bertz CT molecular complexity index is 1030. The van der Waals surface area contributed by atoms with E-state index in [1.54, 1.807) is 18.3 Å². The molecule has 0 amide bonds. The number of anilines is 1. The van der Waals surface area contributed by atoms with E-state index in [0.717, 1.165) is 11.3 Å². The molecule has 1 N–H and O–H groups in total. The van der Waals surface area contributed by atoms with Crippen molar-refractivity contribution in [3.05, 3.63) is 63.3 Å². The van der Waals surface area contributed by atoms with Crippen LogP contribution >= 0.6 is 11.6 Å². The summed E-state index contributed by atoms with van der Waals surface area (Å²) in [5.41, 5.74) is 2.26. The highest BCUT2D eigenvalue weighted by molar-refractivity contribution is 6.30. The second-order valence-electron chi connectivity index (χ2n) is 5.98. The van der Waals surface area contributed by atoms with Crippen molar-refractivity contribution in [3.63, 3.8) is 0 Å². The number of nitro benzene ring substituents is 1. The van der Waals surface area contributed by atoms with E-state index in [9.17, 15) is 10.1 Å². The molecule has 0 atom stereocenters. The first kappa shape index (κ1) is 17.2. The van der Waals surface area contributed by atoms with E-state index in [4.69, 9.17) is 21.1 Å². The van der Waals surface area contributed by atoms with Gasteiger partial charge in [-0.15, -0.1) is 0 Å². The third-order valence-corrected chi connectivity index (χ3v) is 4.55. The minimum atomic E-state index is -0.436. The molecule has 27 heavy (non-hydrogen) atoms. The van der Waals surface area contributed by atoms with Gasteiger partial charge >= 0.3 is 0 Å². The second-order valence-corrected chi connectivity index (χ2v) is 6.42. The number of hydrogen-bond donors (Lipinski definition) is 1. The van der Waals surface area contributed by atoms with Crippen molar-refractivity contribution in [2.45, 2.75) is 6.54 Å². The van der Waals surface area contributed by atoms with Crippen molar-refractivity contribution in [3.8, 4) is 22.8 Å². The molecule has 0 unspecified atom stereocenters. The summed E-state index contributed by atoms with van der Waals surface area (Å²) >= 11 is 6.06. The van der Waals surface area contributed by atoms with Crippen molar-refractivity contribution in [1.82, 2.24) is 9.55 Å². The van der Waals surface area contributed by atoms with Crippen LogP contribution in [0.25, 0.3) is 11.3 Å². The quantitative estimate of drug-likeness (QED) is 0.526. The molecule has 4 rings (SSSR count). The number of benzene rings is 2. The van der Waals surface area contributed by atoms with Crippen LogP contribution in [-0.4, -0.2) is 21.3 Å². The molecule has 2 heterocycles. The highest BCUT2D eigenvalue weighted by atomic mass is 35.5. The zero-order chi connectivity index (χ0) is 19.0. The molecule has 8 nitrogen and oxygen atoms in total. The van der Waals surface area contributed by atoms with Crippen LogP contribution in [0.2, 0.25) is 5.02 Å². The normalized spacial score (nSPS) is 12.2. The molecule has 3 aromatic rings. The Morgan fingerprint density at radius 1 is 1.30 bits per heavy atom. The maximum atomic E-state index is 11.4. The third kappa shape index (κ3) is 3.26. The van der Waals surface area contributed by atoms with Gasteiger partial charge in [0, 0.05) is 24.2 Å². The molecule has 1 aliphatic rings. The number of nitrogens with one attached hydrogen (secondary N) is 1. The Labute approximate surface area is 159 Å². The molecule has 0 saturated carbocycles. The van der Waals surface area contributed by atoms with Gasteiger partial charge in [-0.05, 0) is 18.2 Å². The average molecular weight is 387 g/mol. The van der Waals surface area contributed by atoms with Crippen LogP contribution in [0.5, 0.6) is 11.5 Å². The van der Waals surface area contributed by atoms with Gasteiger partial charge in [0.25, 0.3) is 5.69 Å². The van der Waals surface area contributed by atoms with Gasteiger partial charge in [-0.2, -0.15) is 0 Å². The number of fused-ring (bicyclic) bond motifs is 1. The highest BCUT2D eigenvalue weighted by Gasteiger charge is 2.23. The number of ether oxygens (including phenoxy) is 2. The Hall–Kier alpha value is -3.26. The smallest absolute Gasteiger partial charge is 0.278 e. The number of nitrogens with zero attached hydrogens (tertiary/aromatic N) is 3. The van der Waals surface area contributed by atoms with Crippen LogP contribution < -0.4 is 14.8 Å². The molecular formula is C18H15ClN4O4. The number of hydrogen-bond acceptors (Lipinski definition) is 6. The minimum Gasteiger partial charge on any atom is -0.454 e.